The summed E-state index contributed by atoms with van der Waals surface area (Å²) in [6, 6.07) is 6.69. The smallest absolute Gasteiger partial charge is 0.361 e. The van der Waals surface area contributed by atoms with Crippen molar-refractivity contribution in [1.29, 1.82) is 0 Å². The minimum absolute atomic E-state index is 0.120. The van der Waals surface area contributed by atoms with Gasteiger partial charge in [-0.1, -0.05) is 11.3 Å². The van der Waals surface area contributed by atoms with Crippen molar-refractivity contribution in [2.45, 2.75) is 39.5 Å². The van der Waals surface area contributed by atoms with E-state index in [1.54, 1.807) is 10.9 Å². The van der Waals surface area contributed by atoms with E-state index in [4.69, 9.17) is 0 Å². The molecular weight excluding hydrogens is 453 g/mol. The highest BCUT2D eigenvalue weighted by Crippen LogP contribution is 2.31. The number of alkyl halides is 3. The van der Waals surface area contributed by atoms with E-state index in [1.165, 1.54) is 11.3 Å². The van der Waals surface area contributed by atoms with Crippen LogP contribution < -0.4 is 10.6 Å². The summed E-state index contributed by atoms with van der Waals surface area (Å²) in [7, 11) is 0. The summed E-state index contributed by atoms with van der Waals surface area (Å²) in [6.45, 7) is 6.45. The van der Waals surface area contributed by atoms with Gasteiger partial charge in [-0.05, 0) is 50.1 Å². The van der Waals surface area contributed by atoms with Crippen LogP contribution in [0.3, 0.4) is 0 Å². The summed E-state index contributed by atoms with van der Waals surface area (Å²) in [5, 5.41) is 15.1. The first-order chi connectivity index (χ1) is 15.7. The fraction of sp³-hybridized carbons (Fsp3) is 0.286. The Bertz CT molecular complexity index is 1250. The highest BCUT2D eigenvalue weighted by Gasteiger charge is 2.32. The Kier molecular flexibility index (Phi) is 6.27. The summed E-state index contributed by atoms with van der Waals surface area (Å²) in [5.74, 6) is 0.550. The highest BCUT2D eigenvalue weighted by atomic mass is 32.1. The average Bonchev–Trinajstić information content (AvgIpc) is 3.41. The molecule has 33 heavy (non-hydrogen) atoms. The van der Waals surface area contributed by atoms with E-state index in [1.807, 2.05) is 45.2 Å². The molecule has 8 nitrogen and oxygen atoms in total. The SMILES string of the molecule is Cc1cc(Nc2nccc(C(F)(F)F)n2)cc(-c2cnc(CNc3cn(C(C)C)nn3)s2)c1. The van der Waals surface area contributed by atoms with Crippen LogP contribution in [0.4, 0.5) is 30.6 Å². The van der Waals surface area contributed by atoms with Gasteiger partial charge < -0.3 is 10.6 Å². The lowest BCUT2D eigenvalue weighted by atomic mass is 10.1. The van der Waals surface area contributed by atoms with Gasteiger partial charge in [0.05, 0.1) is 17.6 Å². The molecule has 4 rings (SSSR count). The molecule has 0 aliphatic carbocycles. The predicted octanol–water partition coefficient (Wildman–Crippen LogP) is 5.46. The van der Waals surface area contributed by atoms with Gasteiger partial charge in [0.25, 0.3) is 0 Å². The van der Waals surface area contributed by atoms with Crippen molar-refractivity contribution in [3.8, 4) is 10.4 Å². The molecule has 4 aromatic rings. The van der Waals surface area contributed by atoms with E-state index in [0.29, 0.717) is 18.1 Å². The van der Waals surface area contributed by atoms with Crippen LogP contribution in [0.15, 0.2) is 42.9 Å². The molecule has 0 atom stereocenters. The molecular formula is C21H21F3N8S. The van der Waals surface area contributed by atoms with Gasteiger partial charge in [-0.2, -0.15) is 13.2 Å². The van der Waals surface area contributed by atoms with Crippen LogP contribution in [0.5, 0.6) is 0 Å². The Morgan fingerprint density at radius 2 is 1.97 bits per heavy atom. The van der Waals surface area contributed by atoms with Crippen molar-refractivity contribution in [3.05, 3.63) is 59.1 Å². The van der Waals surface area contributed by atoms with Crippen molar-refractivity contribution < 1.29 is 13.2 Å². The summed E-state index contributed by atoms with van der Waals surface area (Å²) in [4.78, 5) is 12.8. The van der Waals surface area contributed by atoms with Crippen LogP contribution in [0, 0.1) is 6.92 Å². The zero-order valence-corrected chi connectivity index (χ0v) is 18.9. The number of halogens is 3. The molecule has 12 heteroatoms. The number of rotatable bonds is 7. The van der Waals surface area contributed by atoms with Crippen molar-refractivity contribution >= 4 is 28.8 Å². The number of hydrogen-bond donors (Lipinski definition) is 2. The summed E-state index contributed by atoms with van der Waals surface area (Å²) < 4.78 is 40.6. The molecule has 0 saturated carbocycles. The molecule has 0 spiro atoms. The molecule has 0 radical (unpaired) electrons. The fourth-order valence-corrected chi connectivity index (χ4v) is 3.85. The van der Waals surface area contributed by atoms with E-state index in [0.717, 1.165) is 33.3 Å². The van der Waals surface area contributed by atoms with Gasteiger partial charge in [0.15, 0.2) is 5.82 Å². The van der Waals surface area contributed by atoms with Gasteiger partial charge in [-0.25, -0.2) is 19.6 Å². The van der Waals surface area contributed by atoms with Gasteiger partial charge in [0.2, 0.25) is 5.95 Å². The number of benzene rings is 1. The molecule has 172 valence electrons. The minimum Gasteiger partial charge on any atom is -0.361 e. The first-order valence-corrected chi connectivity index (χ1v) is 10.9. The van der Waals surface area contributed by atoms with Crippen LogP contribution in [-0.2, 0) is 12.7 Å². The van der Waals surface area contributed by atoms with Crippen molar-refractivity contribution in [2.75, 3.05) is 10.6 Å². The van der Waals surface area contributed by atoms with E-state index in [9.17, 15) is 13.2 Å². The van der Waals surface area contributed by atoms with Crippen LogP contribution in [0.2, 0.25) is 0 Å². The predicted molar refractivity (Wildman–Crippen MR) is 120 cm³/mol. The topological polar surface area (TPSA) is 93.4 Å². The molecule has 3 aromatic heterocycles. The first-order valence-electron chi connectivity index (χ1n) is 10.1. The van der Waals surface area contributed by atoms with Crippen LogP contribution in [0.1, 0.15) is 36.2 Å². The molecule has 0 saturated heterocycles. The lowest BCUT2D eigenvalue weighted by Crippen LogP contribution is -2.10. The second-order valence-electron chi connectivity index (χ2n) is 7.63. The zero-order chi connectivity index (χ0) is 23.6. The third kappa shape index (κ3) is 5.64. The normalized spacial score (nSPS) is 11.7. The molecule has 3 heterocycles. The Balaban J connectivity index is 1.48. The Morgan fingerprint density at radius 1 is 1.15 bits per heavy atom. The third-order valence-corrected chi connectivity index (χ3v) is 5.62. The number of anilines is 3. The van der Waals surface area contributed by atoms with E-state index in [-0.39, 0.29) is 12.0 Å². The van der Waals surface area contributed by atoms with Gasteiger partial charge in [-0.15, -0.1) is 16.4 Å². The quantitative estimate of drug-likeness (QED) is 0.368. The minimum atomic E-state index is -4.53. The molecule has 0 fully saturated rings. The standard InChI is InChI=1S/C21H21F3N8S/c1-12(2)32-11-18(30-31-32)26-10-19-27-9-16(33-19)14-6-13(3)7-15(8-14)28-20-25-5-4-17(29-20)21(22,23)24/h4-9,11-12,26H,10H2,1-3H3,(H,25,28,29). The molecule has 0 aliphatic heterocycles. The monoisotopic (exact) mass is 474 g/mol. The van der Waals surface area contributed by atoms with Crippen molar-refractivity contribution in [3.63, 3.8) is 0 Å². The van der Waals surface area contributed by atoms with Gasteiger partial charge in [0.1, 0.15) is 10.7 Å². The zero-order valence-electron chi connectivity index (χ0n) is 18.1. The van der Waals surface area contributed by atoms with Gasteiger partial charge in [-0.3, -0.25) is 0 Å². The lowest BCUT2D eigenvalue weighted by molar-refractivity contribution is -0.141. The Morgan fingerprint density at radius 3 is 2.70 bits per heavy atom. The molecule has 0 aliphatic rings. The first kappa shape index (κ1) is 22.6. The maximum Gasteiger partial charge on any atom is 0.433 e. The number of nitrogens with zero attached hydrogens (tertiary/aromatic N) is 6. The van der Waals surface area contributed by atoms with Crippen molar-refractivity contribution in [2.24, 2.45) is 0 Å². The molecule has 2 N–H and O–H groups in total. The van der Waals surface area contributed by atoms with Gasteiger partial charge >= 0.3 is 6.18 Å². The molecule has 0 unspecified atom stereocenters. The average molecular weight is 475 g/mol. The Labute approximate surface area is 191 Å². The Hall–Kier alpha value is -3.54. The molecule has 0 bridgehead atoms. The third-order valence-electron chi connectivity index (χ3n) is 4.58. The second kappa shape index (κ2) is 9.14. The number of hydrogen-bond acceptors (Lipinski definition) is 8. The summed E-state index contributed by atoms with van der Waals surface area (Å²) in [6.07, 6.45) is 0.157. The van der Waals surface area contributed by atoms with Crippen LogP contribution in [0.25, 0.3) is 10.4 Å². The van der Waals surface area contributed by atoms with E-state index >= 15 is 0 Å². The molecule has 1 aromatic carbocycles. The lowest BCUT2D eigenvalue weighted by Gasteiger charge is -2.10. The number of aryl methyl sites for hydroxylation is 1. The largest absolute Gasteiger partial charge is 0.433 e. The van der Waals surface area contributed by atoms with Crippen LogP contribution >= 0.6 is 11.3 Å². The van der Waals surface area contributed by atoms with Crippen molar-refractivity contribution in [1.82, 2.24) is 29.9 Å². The van der Waals surface area contributed by atoms with E-state index < -0.39 is 11.9 Å². The summed E-state index contributed by atoms with van der Waals surface area (Å²) in [5.41, 5.74) is 1.41. The second-order valence-corrected chi connectivity index (χ2v) is 8.74. The van der Waals surface area contributed by atoms with E-state index in [2.05, 4.69) is 35.9 Å². The number of nitrogens with one attached hydrogen (secondary N) is 2. The number of aromatic nitrogens is 6. The number of thiazole rings is 1. The molecule has 0 amide bonds. The summed E-state index contributed by atoms with van der Waals surface area (Å²) >= 11 is 1.51. The fourth-order valence-electron chi connectivity index (χ4n) is 3.01. The van der Waals surface area contributed by atoms with Crippen LogP contribution in [-0.4, -0.2) is 29.9 Å². The highest BCUT2D eigenvalue weighted by molar-refractivity contribution is 7.15. The van der Waals surface area contributed by atoms with Gasteiger partial charge in [0, 0.05) is 24.1 Å². The maximum atomic E-state index is 12.9. The maximum absolute atomic E-state index is 12.9.